The number of carboxylic acid groups (broad SMARTS) is 1. The molecule has 6 heteroatoms. The highest BCUT2D eigenvalue weighted by atomic mass is 16.6. The molecule has 0 radical (unpaired) electrons. The van der Waals surface area contributed by atoms with Crippen molar-refractivity contribution < 1.29 is 19.6 Å². The van der Waals surface area contributed by atoms with Crippen molar-refractivity contribution in [1.29, 1.82) is 0 Å². The van der Waals surface area contributed by atoms with Gasteiger partial charge in [0.2, 0.25) is 0 Å². The largest absolute Gasteiger partial charge is 0.491 e. The molecule has 1 aromatic rings. The van der Waals surface area contributed by atoms with E-state index in [0.29, 0.717) is 6.42 Å². The minimum absolute atomic E-state index is 0.0537. The Labute approximate surface area is 97.0 Å². The lowest BCUT2D eigenvalue weighted by Crippen LogP contribution is -2.04. The minimum Gasteiger partial charge on any atom is -0.491 e. The van der Waals surface area contributed by atoms with Gasteiger partial charge >= 0.3 is 5.97 Å². The van der Waals surface area contributed by atoms with Gasteiger partial charge in [0.05, 0.1) is 17.6 Å². The molecule has 0 atom stereocenters. The fraction of sp³-hybridized carbons (Fsp3) is 0.182. The lowest BCUT2D eigenvalue weighted by molar-refractivity contribution is -0.384. The molecule has 1 N–H and O–H groups in total. The van der Waals surface area contributed by atoms with Gasteiger partial charge < -0.3 is 9.84 Å². The smallest absolute Gasteiger partial charge is 0.339 e. The predicted octanol–water partition coefficient (Wildman–Crippen LogP) is 1.70. The van der Waals surface area contributed by atoms with E-state index in [1.807, 2.05) is 0 Å². The summed E-state index contributed by atoms with van der Waals surface area (Å²) in [6.07, 6.45) is 5.31. The van der Waals surface area contributed by atoms with Gasteiger partial charge in [-0.1, -0.05) is 0 Å². The molecule has 0 bridgehead atoms. The molecule has 88 valence electrons. The zero-order valence-electron chi connectivity index (χ0n) is 8.75. The second-order valence-electron chi connectivity index (χ2n) is 3.05. The van der Waals surface area contributed by atoms with E-state index in [2.05, 4.69) is 5.92 Å². The average molecular weight is 235 g/mol. The summed E-state index contributed by atoms with van der Waals surface area (Å²) in [5.41, 5.74) is -0.363. The van der Waals surface area contributed by atoms with Crippen molar-refractivity contribution in [1.82, 2.24) is 0 Å². The van der Waals surface area contributed by atoms with E-state index in [0.717, 1.165) is 18.2 Å². The lowest BCUT2D eigenvalue weighted by Gasteiger charge is -2.07. The first-order chi connectivity index (χ1) is 8.06. The summed E-state index contributed by atoms with van der Waals surface area (Å²) in [7, 11) is 0. The summed E-state index contributed by atoms with van der Waals surface area (Å²) in [6.45, 7) is 0.109. The van der Waals surface area contributed by atoms with Crippen LogP contribution in [-0.2, 0) is 0 Å². The number of hydrogen-bond donors (Lipinski definition) is 1. The highest BCUT2D eigenvalue weighted by Crippen LogP contribution is 2.24. The zero-order chi connectivity index (χ0) is 12.8. The van der Waals surface area contributed by atoms with Crippen LogP contribution in [0.4, 0.5) is 5.69 Å². The molecule has 1 aromatic carbocycles. The number of rotatable bonds is 5. The third-order valence-electron chi connectivity index (χ3n) is 1.91. The molecular weight excluding hydrogens is 226 g/mol. The molecule has 0 spiro atoms. The van der Waals surface area contributed by atoms with Crippen LogP contribution >= 0.6 is 0 Å². The molecule has 6 nitrogen and oxygen atoms in total. The maximum absolute atomic E-state index is 10.8. The maximum atomic E-state index is 10.8. The Morgan fingerprint density at radius 3 is 2.82 bits per heavy atom. The maximum Gasteiger partial charge on any atom is 0.339 e. The Bertz CT molecular complexity index is 489. The van der Waals surface area contributed by atoms with E-state index in [-0.39, 0.29) is 23.6 Å². The number of carboxylic acids is 1. The van der Waals surface area contributed by atoms with Crippen molar-refractivity contribution in [3.63, 3.8) is 0 Å². The van der Waals surface area contributed by atoms with Gasteiger partial charge in [0.1, 0.15) is 11.3 Å². The number of hydrogen-bond acceptors (Lipinski definition) is 4. The summed E-state index contributed by atoms with van der Waals surface area (Å²) in [6, 6.07) is 3.31. The molecule has 0 saturated heterocycles. The van der Waals surface area contributed by atoms with Crippen molar-refractivity contribution in [2.75, 3.05) is 6.61 Å². The number of nitrogens with zero attached hydrogens (tertiary/aromatic N) is 1. The molecule has 0 heterocycles. The summed E-state index contributed by atoms with van der Waals surface area (Å²) in [5.74, 6) is 1.05. The van der Waals surface area contributed by atoms with Gasteiger partial charge in [0, 0.05) is 12.5 Å². The summed E-state index contributed by atoms with van der Waals surface area (Å²) in [4.78, 5) is 20.8. The fourth-order valence-corrected chi connectivity index (χ4v) is 1.14. The Balaban J connectivity index is 3.03. The van der Waals surface area contributed by atoms with Crippen molar-refractivity contribution >= 4 is 11.7 Å². The van der Waals surface area contributed by atoms with Gasteiger partial charge in [-0.2, -0.15) is 0 Å². The number of aromatic carboxylic acids is 1. The van der Waals surface area contributed by atoms with Crippen LogP contribution in [0.3, 0.4) is 0 Å². The quantitative estimate of drug-likeness (QED) is 0.363. The van der Waals surface area contributed by atoms with Gasteiger partial charge in [-0.05, 0) is 6.07 Å². The van der Waals surface area contributed by atoms with E-state index in [9.17, 15) is 14.9 Å². The fourth-order valence-electron chi connectivity index (χ4n) is 1.14. The molecule has 0 aliphatic heterocycles. The molecule has 1 rings (SSSR count). The summed E-state index contributed by atoms with van der Waals surface area (Å²) < 4.78 is 5.10. The van der Waals surface area contributed by atoms with Gasteiger partial charge in [0.15, 0.2) is 0 Å². The van der Waals surface area contributed by atoms with Crippen molar-refractivity contribution in [3.8, 4) is 18.1 Å². The number of benzene rings is 1. The molecule has 0 aliphatic rings. The van der Waals surface area contributed by atoms with Gasteiger partial charge in [0.25, 0.3) is 5.69 Å². The number of carbonyl (C=O) groups is 1. The Kier molecular flexibility index (Phi) is 4.06. The first-order valence-corrected chi connectivity index (χ1v) is 4.64. The van der Waals surface area contributed by atoms with Crippen molar-refractivity contribution in [2.24, 2.45) is 0 Å². The highest BCUT2D eigenvalue weighted by Gasteiger charge is 2.16. The zero-order valence-corrected chi connectivity index (χ0v) is 8.75. The summed E-state index contributed by atoms with van der Waals surface area (Å²) >= 11 is 0. The van der Waals surface area contributed by atoms with E-state index < -0.39 is 10.9 Å². The number of ether oxygens (including phenoxy) is 1. The summed E-state index contributed by atoms with van der Waals surface area (Å²) in [5, 5.41) is 19.4. The normalized spacial score (nSPS) is 9.35. The highest BCUT2D eigenvalue weighted by molar-refractivity contribution is 5.91. The molecule has 0 fully saturated rings. The number of terminal acetylenes is 1. The Morgan fingerprint density at radius 2 is 2.29 bits per heavy atom. The van der Waals surface area contributed by atoms with Gasteiger partial charge in [-0.25, -0.2) is 4.79 Å². The van der Waals surface area contributed by atoms with Crippen LogP contribution in [0.2, 0.25) is 0 Å². The SMILES string of the molecule is C#CCCOc1cc([N+](=O)[O-])ccc1C(=O)O. The number of nitro benzene ring substituents is 1. The van der Waals surface area contributed by atoms with Crippen LogP contribution in [0.25, 0.3) is 0 Å². The van der Waals surface area contributed by atoms with Gasteiger partial charge in [-0.3, -0.25) is 10.1 Å². The molecule has 0 saturated carbocycles. The second-order valence-corrected chi connectivity index (χ2v) is 3.05. The number of non-ortho nitro benzene ring substituents is 1. The molecule has 0 aromatic heterocycles. The molecular formula is C11H9NO5. The van der Waals surface area contributed by atoms with E-state index >= 15 is 0 Å². The molecule has 0 amide bonds. The van der Waals surface area contributed by atoms with Crippen LogP contribution in [0.5, 0.6) is 5.75 Å². The standard InChI is InChI=1S/C11H9NO5/c1-2-3-6-17-10-7-8(12(15)16)4-5-9(10)11(13)14/h1,4-5,7H,3,6H2,(H,13,14). The second kappa shape index (κ2) is 5.51. The van der Waals surface area contributed by atoms with Crippen LogP contribution in [0.1, 0.15) is 16.8 Å². The first-order valence-electron chi connectivity index (χ1n) is 4.64. The van der Waals surface area contributed by atoms with E-state index in [4.69, 9.17) is 16.3 Å². The van der Waals surface area contributed by atoms with E-state index in [1.54, 1.807) is 0 Å². The van der Waals surface area contributed by atoms with Crippen molar-refractivity contribution in [2.45, 2.75) is 6.42 Å². The van der Waals surface area contributed by atoms with Gasteiger partial charge in [-0.15, -0.1) is 12.3 Å². The predicted molar refractivity (Wildman–Crippen MR) is 59.0 cm³/mol. The molecule has 0 aliphatic carbocycles. The van der Waals surface area contributed by atoms with Crippen molar-refractivity contribution in [3.05, 3.63) is 33.9 Å². The monoisotopic (exact) mass is 235 g/mol. The van der Waals surface area contributed by atoms with Crippen LogP contribution in [0.15, 0.2) is 18.2 Å². The average Bonchev–Trinajstić information content (AvgIpc) is 2.28. The lowest BCUT2D eigenvalue weighted by atomic mass is 10.2. The Hall–Kier alpha value is -2.55. The first kappa shape index (κ1) is 12.5. The van der Waals surface area contributed by atoms with Crippen LogP contribution in [0, 0.1) is 22.5 Å². The molecule has 0 unspecified atom stereocenters. The third-order valence-corrected chi connectivity index (χ3v) is 1.91. The minimum atomic E-state index is -1.21. The van der Waals surface area contributed by atoms with E-state index in [1.165, 1.54) is 0 Å². The molecule has 17 heavy (non-hydrogen) atoms. The van der Waals surface area contributed by atoms with Crippen LogP contribution in [-0.4, -0.2) is 22.6 Å². The number of nitro groups is 1. The Morgan fingerprint density at radius 1 is 1.59 bits per heavy atom. The third kappa shape index (κ3) is 3.21. The van der Waals surface area contributed by atoms with Crippen LogP contribution < -0.4 is 4.74 Å². The topological polar surface area (TPSA) is 89.7 Å².